The fourth-order valence-electron chi connectivity index (χ4n) is 3.29. The van der Waals surface area contributed by atoms with Crippen molar-refractivity contribution in [2.75, 3.05) is 5.32 Å². The summed E-state index contributed by atoms with van der Waals surface area (Å²) in [6.07, 6.45) is 0.874. The number of halogens is 1. The van der Waals surface area contributed by atoms with Crippen LogP contribution >= 0.6 is 11.6 Å². The lowest BCUT2D eigenvalue weighted by atomic mass is 10.1. The van der Waals surface area contributed by atoms with E-state index < -0.39 is 0 Å². The van der Waals surface area contributed by atoms with Crippen LogP contribution in [0.4, 0.5) is 10.5 Å². The van der Waals surface area contributed by atoms with Crippen LogP contribution in [-0.2, 0) is 13.0 Å². The van der Waals surface area contributed by atoms with Gasteiger partial charge in [0.25, 0.3) is 0 Å². The maximum absolute atomic E-state index is 12.3. The number of hydrogen-bond donors (Lipinski definition) is 2. The quantitative estimate of drug-likeness (QED) is 0.591. The second-order valence-electron chi connectivity index (χ2n) is 6.53. The molecular formula is C22H24ClN3O. The number of anilines is 1. The Hall–Kier alpha value is -2.72. The van der Waals surface area contributed by atoms with Crippen LogP contribution < -0.4 is 10.6 Å². The second-order valence-corrected chi connectivity index (χ2v) is 6.96. The van der Waals surface area contributed by atoms with Gasteiger partial charge in [0, 0.05) is 34.3 Å². The Labute approximate surface area is 165 Å². The lowest BCUT2D eigenvalue weighted by Crippen LogP contribution is -2.28. The van der Waals surface area contributed by atoms with Gasteiger partial charge in [0.05, 0.1) is 0 Å². The molecule has 0 saturated carbocycles. The van der Waals surface area contributed by atoms with Crippen LogP contribution in [0.15, 0.2) is 54.6 Å². The van der Waals surface area contributed by atoms with E-state index in [-0.39, 0.29) is 6.03 Å². The summed E-state index contributed by atoms with van der Waals surface area (Å²) in [6.45, 7) is 6.66. The topological polar surface area (TPSA) is 46.1 Å². The number of aryl methyl sites for hydroxylation is 2. The van der Waals surface area contributed by atoms with Gasteiger partial charge in [-0.05, 0) is 67.8 Å². The summed E-state index contributed by atoms with van der Waals surface area (Å²) < 4.78 is 2.16. The molecule has 3 rings (SSSR count). The van der Waals surface area contributed by atoms with Gasteiger partial charge in [-0.1, -0.05) is 36.7 Å². The summed E-state index contributed by atoms with van der Waals surface area (Å²) in [5.41, 5.74) is 6.33. The molecule has 2 N–H and O–H groups in total. The fraction of sp³-hybridized carbons (Fsp3) is 0.227. The number of urea groups is 1. The number of hydrogen-bond acceptors (Lipinski definition) is 1. The number of carbonyl (C=O) groups is 1. The summed E-state index contributed by atoms with van der Waals surface area (Å²) in [4.78, 5) is 12.3. The van der Waals surface area contributed by atoms with Crippen molar-refractivity contribution in [1.82, 2.24) is 9.88 Å². The number of nitrogens with zero attached hydrogens (tertiary/aromatic N) is 1. The van der Waals surface area contributed by atoms with Crippen molar-refractivity contribution in [1.29, 1.82) is 0 Å². The first-order chi connectivity index (χ1) is 13.0. The van der Waals surface area contributed by atoms with Crippen molar-refractivity contribution < 1.29 is 4.79 Å². The van der Waals surface area contributed by atoms with Gasteiger partial charge in [-0.2, -0.15) is 0 Å². The molecule has 3 aromatic rings. The lowest BCUT2D eigenvalue weighted by molar-refractivity contribution is 0.251. The fourth-order valence-corrected chi connectivity index (χ4v) is 3.41. The monoisotopic (exact) mass is 381 g/mol. The van der Waals surface area contributed by atoms with Crippen LogP contribution in [0.25, 0.3) is 5.69 Å². The van der Waals surface area contributed by atoms with E-state index in [2.05, 4.69) is 42.0 Å². The standard InChI is InChI=1S/C22H24ClN3O/c1-4-17-7-5-6-8-21(17)25-22(27)24-14-18-13-15(2)26(16(18)3)20-11-9-19(23)10-12-20/h5-13H,4,14H2,1-3H3,(H2,24,25,27). The van der Waals surface area contributed by atoms with Gasteiger partial charge < -0.3 is 15.2 Å². The molecule has 1 aromatic heterocycles. The van der Waals surface area contributed by atoms with Gasteiger partial charge in [-0.25, -0.2) is 4.79 Å². The largest absolute Gasteiger partial charge is 0.334 e. The van der Waals surface area contributed by atoms with Crippen molar-refractivity contribution in [3.8, 4) is 5.69 Å². The SMILES string of the molecule is CCc1ccccc1NC(=O)NCc1cc(C)n(-c2ccc(Cl)cc2)c1C. The Kier molecular flexibility index (Phi) is 5.87. The van der Waals surface area contributed by atoms with Crippen molar-refractivity contribution in [2.24, 2.45) is 0 Å². The van der Waals surface area contributed by atoms with Crippen LogP contribution in [0.1, 0.15) is 29.4 Å². The van der Waals surface area contributed by atoms with Crippen molar-refractivity contribution in [3.05, 3.63) is 82.1 Å². The predicted octanol–water partition coefficient (Wildman–Crippen LogP) is 5.63. The highest BCUT2D eigenvalue weighted by Crippen LogP contribution is 2.22. The Morgan fingerprint density at radius 1 is 1.04 bits per heavy atom. The van der Waals surface area contributed by atoms with E-state index in [1.165, 1.54) is 0 Å². The third kappa shape index (κ3) is 4.34. The van der Waals surface area contributed by atoms with Crippen LogP contribution in [0.5, 0.6) is 0 Å². The Morgan fingerprint density at radius 2 is 1.74 bits per heavy atom. The average molecular weight is 382 g/mol. The van der Waals surface area contributed by atoms with Crippen LogP contribution in [0.2, 0.25) is 5.02 Å². The maximum Gasteiger partial charge on any atom is 0.319 e. The molecular weight excluding hydrogens is 358 g/mol. The minimum atomic E-state index is -0.202. The predicted molar refractivity (Wildman–Crippen MR) is 112 cm³/mol. The minimum absolute atomic E-state index is 0.202. The molecule has 0 aliphatic carbocycles. The third-order valence-electron chi connectivity index (χ3n) is 4.71. The van der Waals surface area contributed by atoms with Gasteiger partial charge in [0.1, 0.15) is 0 Å². The number of nitrogens with one attached hydrogen (secondary N) is 2. The number of carbonyl (C=O) groups excluding carboxylic acids is 1. The number of amides is 2. The molecule has 0 unspecified atom stereocenters. The highest BCUT2D eigenvalue weighted by atomic mass is 35.5. The van der Waals surface area contributed by atoms with Gasteiger partial charge >= 0.3 is 6.03 Å². The molecule has 0 fully saturated rings. The molecule has 27 heavy (non-hydrogen) atoms. The number of rotatable bonds is 5. The summed E-state index contributed by atoms with van der Waals surface area (Å²) in [5.74, 6) is 0. The molecule has 0 spiro atoms. The molecule has 0 aliphatic heterocycles. The molecule has 0 radical (unpaired) electrons. The summed E-state index contributed by atoms with van der Waals surface area (Å²) >= 11 is 5.99. The molecule has 2 aromatic carbocycles. The van der Waals surface area contributed by atoms with E-state index in [1.807, 2.05) is 48.5 Å². The molecule has 4 nitrogen and oxygen atoms in total. The molecule has 5 heteroatoms. The minimum Gasteiger partial charge on any atom is -0.334 e. The van der Waals surface area contributed by atoms with E-state index >= 15 is 0 Å². The summed E-state index contributed by atoms with van der Waals surface area (Å²) in [7, 11) is 0. The Morgan fingerprint density at radius 3 is 2.44 bits per heavy atom. The Balaban J connectivity index is 1.70. The van der Waals surface area contributed by atoms with Gasteiger partial charge in [0.2, 0.25) is 0 Å². The van der Waals surface area contributed by atoms with E-state index in [0.717, 1.165) is 40.3 Å². The first-order valence-corrected chi connectivity index (χ1v) is 9.44. The zero-order valence-electron chi connectivity index (χ0n) is 15.8. The van der Waals surface area contributed by atoms with Gasteiger partial charge in [0.15, 0.2) is 0 Å². The van der Waals surface area contributed by atoms with Gasteiger partial charge in [-0.3, -0.25) is 0 Å². The zero-order chi connectivity index (χ0) is 19.4. The molecule has 2 amide bonds. The van der Waals surface area contributed by atoms with Crippen molar-refractivity contribution in [3.63, 3.8) is 0 Å². The maximum atomic E-state index is 12.3. The van der Waals surface area contributed by atoms with Crippen LogP contribution in [-0.4, -0.2) is 10.6 Å². The van der Waals surface area contributed by atoms with Crippen LogP contribution in [0.3, 0.4) is 0 Å². The lowest BCUT2D eigenvalue weighted by Gasteiger charge is -2.12. The molecule has 0 bridgehead atoms. The van der Waals surface area contributed by atoms with E-state index in [0.29, 0.717) is 11.6 Å². The van der Waals surface area contributed by atoms with E-state index in [4.69, 9.17) is 11.6 Å². The normalized spacial score (nSPS) is 10.7. The molecule has 0 aliphatic rings. The summed E-state index contributed by atoms with van der Waals surface area (Å²) in [5, 5.41) is 6.61. The third-order valence-corrected chi connectivity index (χ3v) is 4.96. The molecule has 0 atom stereocenters. The van der Waals surface area contributed by atoms with E-state index in [9.17, 15) is 4.79 Å². The zero-order valence-corrected chi connectivity index (χ0v) is 16.6. The Bertz CT molecular complexity index is 945. The number of benzene rings is 2. The van der Waals surface area contributed by atoms with Crippen molar-refractivity contribution in [2.45, 2.75) is 33.7 Å². The highest BCUT2D eigenvalue weighted by molar-refractivity contribution is 6.30. The molecule has 0 saturated heterocycles. The average Bonchev–Trinajstić information content (AvgIpc) is 2.95. The molecule has 140 valence electrons. The molecule has 1 heterocycles. The first-order valence-electron chi connectivity index (χ1n) is 9.06. The highest BCUT2D eigenvalue weighted by Gasteiger charge is 2.12. The van der Waals surface area contributed by atoms with E-state index in [1.54, 1.807) is 0 Å². The second kappa shape index (κ2) is 8.31. The number of aromatic nitrogens is 1. The van der Waals surface area contributed by atoms with Gasteiger partial charge in [-0.15, -0.1) is 0 Å². The number of para-hydroxylation sites is 1. The first kappa shape index (κ1) is 19.1. The smallest absolute Gasteiger partial charge is 0.319 e. The van der Waals surface area contributed by atoms with Crippen molar-refractivity contribution >= 4 is 23.3 Å². The summed E-state index contributed by atoms with van der Waals surface area (Å²) in [6, 6.07) is 17.5. The van der Waals surface area contributed by atoms with Crippen LogP contribution in [0, 0.1) is 13.8 Å².